The molecule has 0 aliphatic heterocycles. The highest BCUT2D eigenvalue weighted by Gasteiger charge is 2.16. The Bertz CT molecular complexity index is 1120. The van der Waals surface area contributed by atoms with Crippen LogP contribution >= 0.6 is 11.8 Å². The Morgan fingerprint density at radius 2 is 1.74 bits per heavy atom. The monoisotopic (exact) mass is 435 g/mol. The van der Waals surface area contributed by atoms with Crippen LogP contribution in [0.3, 0.4) is 0 Å². The van der Waals surface area contributed by atoms with E-state index >= 15 is 0 Å². The second kappa shape index (κ2) is 9.78. The van der Waals surface area contributed by atoms with E-state index in [2.05, 4.69) is 38.8 Å². The third-order valence-electron chi connectivity index (χ3n) is 4.90. The molecule has 0 aliphatic rings. The maximum atomic E-state index is 5.46. The van der Waals surface area contributed by atoms with E-state index < -0.39 is 0 Å². The molecular formula is C23H25N5O2S. The van der Waals surface area contributed by atoms with Crippen molar-refractivity contribution in [3.05, 3.63) is 60.0 Å². The zero-order valence-corrected chi connectivity index (χ0v) is 18.7. The Hall–Kier alpha value is -3.13. The summed E-state index contributed by atoms with van der Waals surface area (Å²) in [4.78, 5) is 4.53. The number of nitrogens with zero attached hydrogens (tertiary/aromatic N) is 5. The molecule has 0 saturated heterocycles. The lowest BCUT2D eigenvalue weighted by Crippen LogP contribution is -2.02. The van der Waals surface area contributed by atoms with E-state index in [0.717, 1.165) is 47.2 Å². The van der Waals surface area contributed by atoms with Gasteiger partial charge in [-0.05, 0) is 37.6 Å². The van der Waals surface area contributed by atoms with Crippen LogP contribution in [0.4, 0.5) is 0 Å². The maximum Gasteiger partial charge on any atom is 0.237 e. The summed E-state index contributed by atoms with van der Waals surface area (Å²) >= 11 is 1.55. The Kier molecular flexibility index (Phi) is 6.66. The van der Waals surface area contributed by atoms with Crippen molar-refractivity contribution >= 4 is 11.8 Å². The van der Waals surface area contributed by atoms with Gasteiger partial charge in [-0.2, -0.15) is 4.98 Å². The smallest absolute Gasteiger partial charge is 0.237 e. The summed E-state index contributed by atoms with van der Waals surface area (Å²) in [7, 11) is 1.66. The predicted octanol–water partition coefficient (Wildman–Crippen LogP) is 5.40. The molecule has 8 heteroatoms. The van der Waals surface area contributed by atoms with Crippen molar-refractivity contribution in [3.63, 3.8) is 0 Å². The molecule has 0 bridgehead atoms. The van der Waals surface area contributed by atoms with E-state index in [0.29, 0.717) is 17.5 Å². The Labute approximate surface area is 185 Å². The fourth-order valence-electron chi connectivity index (χ4n) is 3.13. The largest absolute Gasteiger partial charge is 0.497 e. The average molecular weight is 436 g/mol. The molecule has 0 N–H and O–H groups in total. The molecule has 0 spiro atoms. The Morgan fingerprint density at radius 1 is 1.00 bits per heavy atom. The topological polar surface area (TPSA) is 78.9 Å². The van der Waals surface area contributed by atoms with Crippen molar-refractivity contribution in [2.75, 3.05) is 7.11 Å². The molecule has 2 aromatic carbocycles. The van der Waals surface area contributed by atoms with Crippen LogP contribution in [-0.4, -0.2) is 32.0 Å². The van der Waals surface area contributed by atoms with Crippen molar-refractivity contribution in [1.82, 2.24) is 24.9 Å². The molecule has 0 amide bonds. The first-order valence-corrected chi connectivity index (χ1v) is 11.3. The van der Waals surface area contributed by atoms with Gasteiger partial charge in [0.15, 0.2) is 11.0 Å². The van der Waals surface area contributed by atoms with Gasteiger partial charge in [0.05, 0.1) is 12.9 Å². The van der Waals surface area contributed by atoms with Gasteiger partial charge in [0, 0.05) is 17.7 Å². The molecule has 4 aromatic rings. The van der Waals surface area contributed by atoms with Gasteiger partial charge < -0.3 is 13.8 Å². The molecule has 0 radical (unpaired) electrons. The van der Waals surface area contributed by atoms with Gasteiger partial charge in [-0.1, -0.05) is 60.1 Å². The standard InChI is InChI=1S/C23H25N5O2S/c1-4-5-14-28-22(18-10-12-19(29-3)13-11-18)25-26-23(28)31-15-20-24-21(27-30-20)17-8-6-16(2)7-9-17/h6-13H,4-5,14-15H2,1-3H3. The summed E-state index contributed by atoms with van der Waals surface area (Å²) in [6, 6.07) is 16.0. The van der Waals surface area contributed by atoms with Crippen molar-refractivity contribution in [1.29, 1.82) is 0 Å². The molecule has 0 aliphatic carbocycles. The van der Waals surface area contributed by atoms with Crippen LogP contribution in [0, 0.1) is 6.92 Å². The molecule has 0 unspecified atom stereocenters. The van der Waals surface area contributed by atoms with Crippen LogP contribution in [0.25, 0.3) is 22.8 Å². The van der Waals surface area contributed by atoms with Crippen LogP contribution in [0.1, 0.15) is 31.2 Å². The van der Waals surface area contributed by atoms with E-state index in [1.165, 1.54) is 5.56 Å². The number of rotatable bonds is 9. The number of hydrogen-bond acceptors (Lipinski definition) is 7. The summed E-state index contributed by atoms with van der Waals surface area (Å²) in [6.45, 7) is 5.08. The number of benzene rings is 2. The van der Waals surface area contributed by atoms with Gasteiger partial charge in [-0.25, -0.2) is 0 Å². The molecule has 2 aromatic heterocycles. The number of thioether (sulfide) groups is 1. The second-order valence-corrected chi connectivity index (χ2v) is 8.15. The van der Waals surface area contributed by atoms with Gasteiger partial charge in [0.1, 0.15) is 5.75 Å². The number of ether oxygens (including phenoxy) is 1. The lowest BCUT2D eigenvalue weighted by atomic mass is 10.1. The van der Waals surface area contributed by atoms with E-state index in [4.69, 9.17) is 9.26 Å². The summed E-state index contributed by atoms with van der Waals surface area (Å²) in [6.07, 6.45) is 2.14. The van der Waals surface area contributed by atoms with Crippen molar-refractivity contribution in [2.24, 2.45) is 0 Å². The molecule has 2 heterocycles. The van der Waals surface area contributed by atoms with Gasteiger partial charge >= 0.3 is 0 Å². The van der Waals surface area contributed by atoms with Gasteiger partial charge in [0.25, 0.3) is 0 Å². The summed E-state index contributed by atoms with van der Waals surface area (Å²) < 4.78 is 12.9. The summed E-state index contributed by atoms with van der Waals surface area (Å²) in [5.74, 6) is 3.37. The highest BCUT2D eigenvalue weighted by atomic mass is 32.2. The summed E-state index contributed by atoms with van der Waals surface area (Å²) in [5, 5.41) is 13.8. The van der Waals surface area contributed by atoms with E-state index in [-0.39, 0.29) is 0 Å². The minimum absolute atomic E-state index is 0.533. The molecule has 0 fully saturated rings. The minimum Gasteiger partial charge on any atom is -0.497 e. The SMILES string of the molecule is CCCCn1c(SCc2nc(-c3ccc(C)cc3)no2)nnc1-c1ccc(OC)cc1. The van der Waals surface area contributed by atoms with Gasteiger partial charge in [-0.15, -0.1) is 10.2 Å². The number of aryl methyl sites for hydroxylation is 1. The van der Waals surface area contributed by atoms with Gasteiger partial charge in [-0.3, -0.25) is 0 Å². The first kappa shape index (κ1) is 21.1. The number of methoxy groups -OCH3 is 1. The maximum absolute atomic E-state index is 5.46. The zero-order valence-electron chi connectivity index (χ0n) is 17.9. The minimum atomic E-state index is 0.533. The highest BCUT2D eigenvalue weighted by molar-refractivity contribution is 7.98. The molecule has 4 rings (SSSR count). The highest BCUT2D eigenvalue weighted by Crippen LogP contribution is 2.28. The van der Waals surface area contributed by atoms with Crippen LogP contribution in [0.15, 0.2) is 58.2 Å². The Balaban J connectivity index is 1.51. The van der Waals surface area contributed by atoms with E-state index in [1.807, 2.05) is 48.5 Å². The molecule has 0 saturated carbocycles. The molecule has 7 nitrogen and oxygen atoms in total. The van der Waals surface area contributed by atoms with E-state index in [1.54, 1.807) is 18.9 Å². The van der Waals surface area contributed by atoms with E-state index in [9.17, 15) is 0 Å². The van der Waals surface area contributed by atoms with Crippen LogP contribution in [-0.2, 0) is 12.3 Å². The number of aromatic nitrogens is 5. The van der Waals surface area contributed by atoms with Crippen LogP contribution in [0.2, 0.25) is 0 Å². The van der Waals surface area contributed by atoms with Crippen molar-refractivity contribution < 1.29 is 9.26 Å². The lowest BCUT2D eigenvalue weighted by Gasteiger charge is -2.09. The fraction of sp³-hybridized carbons (Fsp3) is 0.304. The first-order valence-electron chi connectivity index (χ1n) is 10.3. The second-order valence-electron chi connectivity index (χ2n) is 7.21. The van der Waals surface area contributed by atoms with Crippen molar-refractivity contribution in [2.45, 2.75) is 44.1 Å². The quantitative estimate of drug-likeness (QED) is 0.325. The number of hydrogen-bond donors (Lipinski definition) is 0. The lowest BCUT2D eigenvalue weighted by molar-refractivity contribution is 0.391. The first-order chi connectivity index (χ1) is 15.2. The normalized spacial score (nSPS) is 11.1. The fourth-order valence-corrected chi connectivity index (χ4v) is 3.93. The average Bonchev–Trinajstić information content (AvgIpc) is 3.44. The molecule has 160 valence electrons. The molecule has 31 heavy (non-hydrogen) atoms. The third kappa shape index (κ3) is 4.96. The number of unbranched alkanes of at least 4 members (excludes halogenated alkanes) is 1. The zero-order chi connectivity index (χ0) is 21.6. The molecule has 0 atom stereocenters. The van der Waals surface area contributed by atoms with Crippen molar-refractivity contribution in [3.8, 4) is 28.5 Å². The summed E-state index contributed by atoms with van der Waals surface area (Å²) in [5.41, 5.74) is 3.15. The molecular weight excluding hydrogens is 410 g/mol. The van der Waals surface area contributed by atoms with Crippen LogP contribution < -0.4 is 4.74 Å². The predicted molar refractivity (Wildman–Crippen MR) is 121 cm³/mol. The van der Waals surface area contributed by atoms with Crippen LogP contribution in [0.5, 0.6) is 5.75 Å². The Morgan fingerprint density at radius 3 is 2.45 bits per heavy atom. The third-order valence-corrected chi connectivity index (χ3v) is 5.85. The van der Waals surface area contributed by atoms with Gasteiger partial charge in [0.2, 0.25) is 11.7 Å².